The van der Waals surface area contributed by atoms with Crippen molar-refractivity contribution in [2.45, 2.75) is 43.4 Å². The summed E-state index contributed by atoms with van der Waals surface area (Å²) < 4.78 is 27.4. The Kier molecular flexibility index (Phi) is 6.69. The number of nitrogens with zero attached hydrogens (tertiary/aromatic N) is 2. The number of rotatable bonds is 3. The molecule has 0 bridgehead atoms. The SMILES string of the molecule is Cl.O=C(c1cccc(S(=O)(=O)N2CCCCC2)c1)N1CCC2(CCNC2)CC1. The summed E-state index contributed by atoms with van der Waals surface area (Å²) in [5, 5.41) is 3.44. The maximum absolute atomic E-state index is 13.0. The van der Waals surface area contributed by atoms with Crippen LogP contribution in [0.3, 0.4) is 0 Å². The predicted octanol–water partition coefficient (Wildman–Crippen LogP) is 2.50. The summed E-state index contributed by atoms with van der Waals surface area (Å²) in [4.78, 5) is 15.1. The molecule has 0 atom stereocenters. The number of halogens is 1. The maximum Gasteiger partial charge on any atom is 0.253 e. The van der Waals surface area contributed by atoms with Crippen molar-refractivity contribution in [2.24, 2.45) is 5.41 Å². The van der Waals surface area contributed by atoms with E-state index in [9.17, 15) is 13.2 Å². The van der Waals surface area contributed by atoms with Crippen molar-refractivity contribution in [1.82, 2.24) is 14.5 Å². The average molecular weight is 428 g/mol. The van der Waals surface area contributed by atoms with Gasteiger partial charge in [0.15, 0.2) is 0 Å². The molecule has 1 aromatic rings. The van der Waals surface area contributed by atoms with Crippen LogP contribution in [0.25, 0.3) is 0 Å². The molecule has 3 saturated heterocycles. The van der Waals surface area contributed by atoms with Crippen molar-refractivity contribution in [2.75, 3.05) is 39.3 Å². The minimum atomic E-state index is -3.51. The van der Waals surface area contributed by atoms with Gasteiger partial charge >= 0.3 is 0 Å². The maximum atomic E-state index is 13.0. The molecule has 1 amide bonds. The minimum absolute atomic E-state index is 0. The molecule has 3 aliphatic heterocycles. The molecule has 1 aromatic carbocycles. The quantitative estimate of drug-likeness (QED) is 0.804. The topological polar surface area (TPSA) is 69.7 Å². The summed E-state index contributed by atoms with van der Waals surface area (Å²) >= 11 is 0. The Bertz CT molecular complexity index is 793. The Balaban J connectivity index is 0.00000225. The van der Waals surface area contributed by atoms with Crippen molar-refractivity contribution in [3.05, 3.63) is 29.8 Å². The van der Waals surface area contributed by atoms with Gasteiger partial charge in [0.25, 0.3) is 5.91 Å². The third-order valence-electron chi connectivity index (χ3n) is 6.48. The molecule has 3 aliphatic rings. The fraction of sp³-hybridized carbons (Fsp3) is 0.650. The molecule has 0 aliphatic carbocycles. The van der Waals surface area contributed by atoms with Crippen LogP contribution in [0, 0.1) is 5.41 Å². The molecule has 156 valence electrons. The van der Waals surface area contributed by atoms with Gasteiger partial charge in [0.2, 0.25) is 10.0 Å². The fourth-order valence-electron chi connectivity index (χ4n) is 4.63. The van der Waals surface area contributed by atoms with Crippen molar-refractivity contribution in [1.29, 1.82) is 0 Å². The van der Waals surface area contributed by atoms with Crippen molar-refractivity contribution < 1.29 is 13.2 Å². The lowest BCUT2D eigenvalue weighted by Gasteiger charge is -2.39. The third kappa shape index (κ3) is 4.22. The first-order valence-electron chi connectivity index (χ1n) is 10.1. The van der Waals surface area contributed by atoms with Gasteiger partial charge in [0.1, 0.15) is 0 Å². The van der Waals surface area contributed by atoms with Gasteiger partial charge in [-0.25, -0.2) is 8.42 Å². The number of carbonyl (C=O) groups excluding carboxylic acids is 1. The number of likely N-dealkylation sites (tertiary alicyclic amines) is 1. The smallest absolute Gasteiger partial charge is 0.253 e. The number of hydrogen-bond donors (Lipinski definition) is 1. The largest absolute Gasteiger partial charge is 0.339 e. The highest BCUT2D eigenvalue weighted by Gasteiger charge is 2.38. The first-order chi connectivity index (χ1) is 13.0. The van der Waals surface area contributed by atoms with Gasteiger partial charge < -0.3 is 10.2 Å². The van der Waals surface area contributed by atoms with Gasteiger partial charge in [-0.15, -0.1) is 12.4 Å². The summed E-state index contributed by atoms with van der Waals surface area (Å²) in [6.07, 6.45) is 6.13. The molecule has 8 heteroatoms. The van der Waals surface area contributed by atoms with E-state index in [-0.39, 0.29) is 23.2 Å². The Morgan fingerprint density at radius 1 is 1.00 bits per heavy atom. The zero-order valence-electron chi connectivity index (χ0n) is 16.2. The normalized spacial score (nSPS) is 22.8. The zero-order valence-corrected chi connectivity index (χ0v) is 17.9. The van der Waals surface area contributed by atoms with Crippen LogP contribution in [0.4, 0.5) is 0 Å². The van der Waals surface area contributed by atoms with Crippen LogP contribution in [0.15, 0.2) is 29.2 Å². The van der Waals surface area contributed by atoms with E-state index in [2.05, 4.69) is 5.32 Å². The number of sulfonamides is 1. The molecule has 3 heterocycles. The molecule has 0 unspecified atom stereocenters. The molecular formula is C20H30ClN3O3S. The molecule has 3 fully saturated rings. The Labute approximate surface area is 174 Å². The van der Waals surface area contributed by atoms with Crippen LogP contribution in [0.2, 0.25) is 0 Å². The van der Waals surface area contributed by atoms with E-state index in [0.29, 0.717) is 24.1 Å². The zero-order chi connectivity index (χ0) is 18.9. The number of piperidine rings is 2. The van der Waals surface area contributed by atoms with E-state index >= 15 is 0 Å². The van der Waals surface area contributed by atoms with E-state index in [1.165, 1.54) is 6.42 Å². The molecule has 4 rings (SSSR count). The first kappa shape index (κ1) is 21.6. The summed E-state index contributed by atoms with van der Waals surface area (Å²) in [7, 11) is -3.51. The van der Waals surface area contributed by atoms with E-state index in [0.717, 1.165) is 58.3 Å². The molecule has 0 radical (unpaired) electrons. The summed E-state index contributed by atoms with van der Waals surface area (Å²) in [6.45, 7) is 4.78. The standard InChI is InChI=1S/C20H29N3O3S.ClH/c24-19(22-13-8-20(9-14-22)7-10-21-16-20)17-5-4-6-18(15-17)27(25,26)23-11-2-1-3-12-23;/h4-6,15,21H,1-3,7-14,16H2;1H. The van der Waals surface area contributed by atoms with Crippen molar-refractivity contribution in [3.63, 3.8) is 0 Å². The lowest BCUT2D eigenvalue weighted by molar-refractivity contribution is 0.0607. The van der Waals surface area contributed by atoms with E-state index in [4.69, 9.17) is 0 Å². The molecule has 0 saturated carbocycles. The first-order valence-corrected chi connectivity index (χ1v) is 11.5. The second-order valence-electron chi connectivity index (χ2n) is 8.21. The van der Waals surface area contributed by atoms with Gasteiger partial charge in [-0.05, 0) is 62.3 Å². The Morgan fingerprint density at radius 3 is 2.36 bits per heavy atom. The van der Waals surface area contributed by atoms with Gasteiger partial charge in [0, 0.05) is 38.3 Å². The van der Waals surface area contributed by atoms with Crippen LogP contribution in [-0.2, 0) is 10.0 Å². The lowest BCUT2D eigenvalue weighted by atomic mass is 9.78. The number of amides is 1. The number of benzene rings is 1. The van der Waals surface area contributed by atoms with E-state index in [1.807, 2.05) is 4.90 Å². The summed E-state index contributed by atoms with van der Waals surface area (Å²) in [5.74, 6) is -0.0495. The highest BCUT2D eigenvalue weighted by atomic mass is 35.5. The average Bonchev–Trinajstić information content (AvgIpc) is 3.17. The van der Waals surface area contributed by atoms with Crippen LogP contribution in [0.1, 0.15) is 48.9 Å². The fourth-order valence-corrected chi connectivity index (χ4v) is 6.20. The molecule has 0 aromatic heterocycles. The van der Waals surface area contributed by atoms with Crippen LogP contribution < -0.4 is 5.32 Å². The van der Waals surface area contributed by atoms with Gasteiger partial charge in [-0.3, -0.25) is 4.79 Å². The molecule has 1 spiro atoms. The molecule has 6 nitrogen and oxygen atoms in total. The van der Waals surface area contributed by atoms with Crippen molar-refractivity contribution in [3.8, 4) is 0 Å². The third-order valence-corrected chi connectivity index (χ3v) is 8.37. The predicted molar refractivity (Wildman–Crippen MR) is 111 cm³/mol. The lowest BCUT2D eigenvalue weighted by Crippen LogP contribution is -2.44. The van der Waals surface area contributed by atoms with Crippen LogP contribution >= 0.6 is 12.4 Å². The monoisotopic (exact) mass is 427 g/mol. The molecular weight excluding hydrogens is 398 g/mol. The highest BCUT2D eigenvalue weighted by Crippen LogP contribution is 2.37. The number of carbonyl (C=O) groups is 1. The second kappa shape index (κ2) is 8.69. The second-order valence-corrected chi connectivity index (χ2v) is 10.1. The van der Waals surface area contributed by atoms with Crippen LogP contribution in [0.5, 0.6) is 0 Å². The van der Waals surface area contributed by atoms with Crippen LogP contribution in [-0.4, -0.2) is 62.8 Å². The highest BCUT2D eigenvalue weighted by molar-refractivity contribution is 7.89. The van der Waals surface area contributed by atoms with Gasteiger partial charge in [0.05, 0.1) is 4.90 Å². The number of nitrogens with one attached hydrogen (secondary N) is 1. The Hall–Kier alpha value is -1.15. The van der Waals surface area contributed by atoms with Gasteiger partial charge in [-0.2, -0.15) is 4.31 Å². The summed E-state index contributed by atoms with van der Waals surface area (Å²) in [5.41, 5.74) is 0.838. The minimum Gasteiger partial charge on any atom is -0.339 e. The summed E-state index contributed by atoms with van der Waals surface area (Å²) in [6, 6.07) is 6.60. The Morgan fingerprint density at radius 2 is 1.71 bits per heavy atom. The van der Waals surface area contributed by atoms with Gasteiger partial charge in [-0.1, -0.05) is 12.5 Å². The molecule has 28 heavy (non-hydrogen) atoms. The van der Waals surface area contributed by atoms with E-state index < -0.39 is 10.0 Å². The van der Waals surface area contributed by atoms with E-state index in [1.54, 1.807) is 28.6 Å². The van der Waals surface area contributed by atoms with Crippen molar-refractivity contribution >= 4 is 28.3 Å². The number of hydrogen-bond acceptors (Lipinski definition) is 4. The molecule has 1 N–H and O–H groups in total.